The average Bonchev–Trinajstić information content (AvgIpc) is 1.35. The summed E-state index contributed by atoms with van der Waals surface area (Å²) in [4.78, 5) is 0. The van der Waals surface area contributed by atoms with Gasteiger partial charge in [-0.25, -0.2) is 0 Å². The molecule has 0 bridgehead atoms. The Balaban J connectivity index is 0. The van der Waals surface area contributed by atoms with Crippen molar-refractivity contribution in [1.82, 2.24) is 0 Å². The Bertz CT molecular complexity index is 115. The van der Waals surface area contributed by atoms with Crippen LogP contribution in [-0.2, 0) is 14.3 Å². The summed E-state index contributed by atoms with van der Waals surface area (Å²) < 4.78 is 23.5. The molecule has 0 atom stereocenters. The van der Waals surface area contributed by atoms with Crippen molar-refractivity contribution in [3.63, 3.8) is 0 Å². The van der Waals surface area contributed by atoms with E-state index in [0.717, 1.165) is 13.4 Å². The molecular formula is C2H7LiO3S. The average molecular weight is 118 g/mol. The summed E-state index contributed by atoms with van der Waals surface area (Å²) >= 11 is 0. The summed E-state index contributed by atoms with van der Waals surface area (Å²) in [5, 5.41) is 0. The summed E-state index contributed by atoms with van der Waals surface area (Å²) in [6.07, 6.45) is 0.993. The molecule has 0 aliphatic carbocycles. The topological polar surface area (TPSA) is 43.4 Å². The third kappa shape index (κ3) is 10.7. The summed E-state index contributed by atoms with van der Waals surface area (Å²) in [6.45, 7) is 0. The molecule has 3 nitrogen and oxygen atoms in total. The van der Waals surface area contributed by atoms with E-state index in [2.05, 4.69) is 4.18 Å². The van der Waals surface area contributed by atoms with Crippen LogP contribution in [0.1, 0.15) is 0 Å². The minimum absolute atomic E-state index is 0. The van der Waals surface area contributed by atoms with Crippen molar-refractivity contribution in [3.05, 3.63) is 0 Å². The van der Waals surface area contributed by atoms with Gasteiger partial charge in [0.15, 0.2) is 0 Å². The van der Waals surface area contributed by atoms with Crippen molar-refractivity contribution in [2.75, 3.05) is 13.4 Å². The Morgan fingerprint density at radius 3 is 1.57 bits per heavy atom. The normalized spacial score (nSPS) is 10.0. The standard InChI is InChI=1S/C2H6O3S.Li.H/c1-5-6(2,3)4;;/h1-2H3;;. The first-order valence-electron chi connectivity index (χ1n) is 1.32. The first-order chi connectivity index (χ1) is 2.56. The molecule has 0 heterocycles. The Hall–Kier alpha value is 0.507. The molecule has 0 N–H and O–H groups in total. The third-order valence-corrected chi connectivity index (χ3v) is 0.908. The summed E-state index contributed by atoms with van der Waals surface area (Å²) in [6, 6.07) is 0. The van der Waals surface area contributed by atoms with Crippen LogP contribution in [0.2, 0.25) is 0 Å². The quantitative estimate of drug-likeness (QED) is 0.325. The van der Waals surface area contributed by atoms with Gasteiger partial charge in [-0.2, -0.15) is 8.42 Å². The van der Waals surface area contributed by atoms with Crippen LogP contribution in [0.3, 0.4) is 0 Å². The second-order valence-electron chi connectivity index (χ2n) is 0.871. The van der Waals surface area contributed by atoms with Crippen molar-refractivity contribution >= 4 is 29.0 Å². The van der Waals surface area contributed by atoms with Crippen molar-refractivity contribution < 1.29 is 12.6 Å². The second kappa shape index (κ2) is 3.50. The van der Waals surface area contributed by atoms with Crippen LogP contribution < -0.4 is 0 Å². The van der Waals surface area contributed by atoms with Crippen LogP contribution in [0.4, 0.5) is 0 Å². The molecule has 0 saturated carbocycles. The van der Waals surface area contributed by atoms with E-state index in [1.807, 2.05) is 0 Å². The van der Waals surface area contributed by atoms with E-state index in [4.69, 9.17) is 0 Å². The van der Waals surface area contributed by atoms with Gasteiger partial charge < -0.3 is 0 Å². The third-order valence-electron chi connectivity index (χ3n) is 0.303. The van der Waals surface area contributed by atoms with Gasteiger partial charge in [0.05, 0.1) is 13.4 Å². The Morgan fingerprint density at radius 1 is 1.43 bits per heavy atom. The fourth-order valence-corrected chi connectivity index (χ4v) is 0. The monoisotopic (exact) mass is 118 g/mol. The molecule has 0 fully saturated rings. The zero-order valence-corrected chi connectivity index (χ0v) is 4.45. The maximum atomic E-state index is 9.78. The van der Waals surface area contributed by atoms with Crippen LogP contribution in [0, 0.1) is 0 Å². The zero-order chi connectivity index (χ0) is 5.21. The van der Waals surface area contributed by atoms with E-state index in [0.29, 0.717) is 0 Å². The zero-order valence-electron chi connectivity index (χ0n) is 3.63. The summed E-state index contributed by atoms with van der Waals surface area (Å²) in [5.74, 6) is 0. The Morgan fingerprint density at radius 2 is 1.57 bits per heavy atom. The maximum absolute atomic E-state index is 9.78. The molecule has 5 heteroatoms. The molecule has 0 radical (unpaired) electrons. The van der Waals surface area contributed by atoms with Gasteiger partial charge in [0.25, 0.3) is 10.1 Å². The summed E-state index contributed by atoms with van der Waals surface area (Å²) in [5.41, 5.74) is 0. The van der Waals surface area contributed by atoms with Crippen LogP contribution in [-0.4, -0.2) is 40.6 Å². The van der Waals surface area contributed by atoms with E-state index >= 15 is 0 Å². The molecule has 7 heavy (non-hydrogen) atoms. The molecular weight excluding hydrogens is 111 g/mol. The van der Waals surface area contributed by atoms with Crippen molar-refractivity contribution in [2.45, 2.75) is 0 Å². The molecule has 0 aliphatic heterocycles. The van der Waals surface area contributed by atoms with Crippen LogP contribution >= 0.6 is 0 Å². The molecule has 0 amide bonds. The number of hydrogen-bond acceptors (Lipinski definition) is 3. The molecule has 40 valence electrons. The van der Waals surface area contributed by atoms with Crippen LogP contribution in [0.25, 0.3) is 0 Å². The van der Waals surface area contributed by atoms with E-state index in [9.17, 15) is 8.42 Å². The second-order valence-corrected chi connectivity index (χ2v) is 2.61. The van der Waals surface area contributed by atoms with Gasteiger partial charge in [-0.1, -0.05) is 0 Å². The van der Waals surface area contributed by atoms with Gasteiger partial charge in [0, 0.05) is 0 Å². The van der Waals surface area contributed by atoms with Gasteiger partial charge in [-0.15, -0.1) is 0 Å². The van der Waals surface area contributed by atoms with E-state index < -0.39 is 10.1 Å². The minimum atomic E-state index is -3.16. The number of hydrogen-bond donors (Lipinski definition) is 0. The van der Waals surface area contributed by atoms with Gasteiger partial charge in [-0.05, 0) is 0 Å². The first kappa shape index (κ1) is 10.5. The SMILES string of the molecule is COS(C)(=O)=O.[LiH]. The molecule has 0 aromatic heterocycles. The Labute approximate surface area is 55.3 Å². The van der Waals surface area contributed by atoms with Gasteiger partial charge in [0.1, 0.15) is 0 Å². The van der Waals surface area contributed by atoms with E-state index in [1.54, 1.807) is 0 Å². The predicted molar refractivity (Wildman–Crippen MR) is 29.0 cm³/mol. The Kier molecular flexibility index (Phi) is 5.24. The number of rotatable bonds is 1. The van der Waals surface area contributed by atoms with E-state index in [-0.39, 0.29) is 18.9 Å². The van der Waals surface area contributed by atoms with Gasteiger partial charge in [-0.3, -0.25) is 4.18 Å². The van der Waals surface area contributed by atoms with Crippen molar-refractivity contribution in [2.24, 2.45) is 0 Å². The molecule has 0 aromatic carbocycles. The fraction of sp³-hybridized carbons (Fsp3) is 1.00. The van der Waals surface area contributed by atoms with Gasteiger partial charge >= 0.3 is 18.9 Å². The van der Waals surface area contributed by atoms with Crippen molar-refractivity contribution in [3.8, 4) is 0 Å². The van der Waals surface area contributed by atoms with Gasteiger partial charge in [0.2, 0.25) is 0 Å². The predicted octanol–water partition coefficient (Wildman–Crippen LogP) is -1.06. The summed E-state index contributed by atoms with van der Waals surface area (Å²) in [7, 11) is -2.04. The molecule has 0 aromatic rings. The molecule has 0 aliphatic rings. The van der Waals surface area contributed by atoms with Crippen molar-refractivity contribution in [1.29, 1.82) is 0 Å². The fourth-order valence-electron chi connectivity index (χ4n) is 0. The molecule has 0 unspecified atom stereocenters. The molecule has 0 spiro atoms. The van der Waals surface area contributed by atoms with Crippen LogP contribution in [0.15, 0.2) is 0 Å². The molecule has 0 rings (SSSR count). The van der Waals surface area contributed by atoms with Crippen LogP contribution in [0.5, 0.6) is 0 Å². The molecule has 0 saturated heterocycles. The van der Waals surface area contributed by atoms with E-state index in [1.165, 1.54) is 0 Å². The first-order valence-corrected chi connectivity index (χ1v) is 3.13.